The van der Waals surface area contributed by atoms with Crippen molar-refractivity contribution in [2.45, 2.75) is 19.4 Å². The summed E-state index contributed by atoms with van der Waals surface area (Å²) in [5.41, 5.74) is 4.10. The van der Waals surface area contributed by atoms with Crippen LogP contribution in [0.25, 0.3) is 0 Å². The molecule has 0 fully saturated rings. The second-order valence-corrected chi connectivity index (χ2v) is 4.07. The first-order valence-electron chi connectivity index (χ1n) is 5.23. The molecule has 2 heterocycles. The summed E-state index contributed by atoms with van der Waals surface area (Å²) in [4.78, 5) is 16.2. The average Bonchev–Trinajstić information content (AvgIpc) is 2.94. The lowest BCUT2D eigenvalue weighted by molar-refractivity contribution is 0.0952. The summed E-state index contributed by atoms with van der Waals surface area (Å²) in [6.07, 6.45) is 0.939. The molecule has 0 spiro atoms. The van der Waals surface area contributed by atoms with Crippen LogP contribution in [0.5, 0.6) is 0 Å². The van der Waals surface area contributed by atoms with Gasteiger partial charge in [0.15, 0.2) is 0 Å². The average molecular weight is 200 g/mol. The Balaban J connectivity index is 2.18. The molecule has 3 heteroatoms. The van der Waals surface area contributed by atoms with E-state index in [1.165, 1.54) is 0 Å². The molecule has 0 radical (unpaired) electrons. The van der Waals surface area contributed by atoms with Crippen molar-refractivity contribution < 1.29 is 4.79 Å². The third-order valence-electron chi connectivity index (χ3n) is 3.02. The van der Waals surface area contributed by atoms with E-state index in [-0.39, 0.29) is 5.91 Å². The highest BCUT2D eigenvalue weighted by Gasteiger charge is 2.34. The van der Waals surface area contributed by atoms with Crippen LogP contribution in [0.4, 0.5) is 0 Å². The van der Waals surface area contributed by atoms with Gasteiger partial charge in [0, 0.05) is 17.7 Å². The quantitative estimate of drug-likeness (QED) is 0.673. The molecule has 0 saturated heterocycles. The third-order valence-corrected chi connectivity index (χ3v) is 3.02. The maximum Gasteiger partial charge on any atom is 0.251 e. The van der Waals surface area contributed by atoms with Gasteiger partial charge in [0.2, 0.25) is 0 Å². The summed E-state index contributed by atoms with van der Waals surface area (Å²) >= 11 is 0. The largest absolute Gasteiger partial charge is 0.352 e. The molecule has 0 aliphatic carbocycles. The first-order valence-corrected chi connectivity index (χ1v) is 5.23. The van der Waals surface area contributed by atoms with Crippen molar-refractivity contribution in [3.63, 3.8) is 0 Å². The molecule has 3 rings (SSSR count). The summed E-state index contributed by atoms with van der Waals surface area (Å²) < 4.78 is 0. The highest BCUT2D eigenvalue weighted by atomic mass is 16.1. The number of nitrogens with zero attached hydrogens (tertiary/aromatic N) is 1. The number of hydrogen-bond donors (Lipinski definition) is 1. The van der Waals surface area contributed by atoms with E-state index in [2.05, 4.69) is 10.3 Å². The number of carbonyl (C=O) groups is 1. The summed E-state index contributed by atoms with van der Waals surface area (Å²) in [5.74, 6) is 0.0294. The monoisotopic (exact) mass is 200 g/mol. The van der Waals surface area contributed by atoms with Crippen LogP contribution < -0.4 is 5.32 Å². The number of amides is 1. The fraction of sp³-hybridized carbons (Fsp3) is 0.333. The molecule has 2 aliphatic heterocycles. The minimum atomic E-state index is 0.0294. The number of nitrogens with one attached hydrogen (secondary N) is 1. The Morgan fingerprint density at radius 3 is 3.20 bits per heavy atom. The van der Waals surface area contributed by atoms with Crippen molar-refractivity contribution in [1.29, 1.82) is 0 Å². The number of carbonyl (C=O) groups excluding carboxylic acids is 1. The summed E-state index contributed by atoms with van der Waals surface area (Å²) in [6.45, 7) is 2.76. The zero-order valence-corrected chi connectivity index (χ0v) is 8.58. The van der Waals surface area contributed by atoms with Gasteiger partial charge in [0.1, 0.15) is 0 Å². The van der Waals surface area contributed by atoms with E-state index in [1.54, 1.807) is 0 Å². The smallest absolute Gasteiger partial charge is 0.251 e. The standard InChI is InChI=1S/C12H12N2O/c1-7-3-2-4-8-10(7)11-9(14-11)5-6-13-12(8)15/h2-4,9H,5-6H2,1H3,(H,13,15). The van der Waals surface area contributed by atoms with Crippen LogP contribution in [-0.2, 0) is 0 Å². The fourth-order valence-electron chi connectivity index (χ4n) is 2.18. The Morgan fingerprint density at radius 2 is 2.33 bits per heavy atom. The maximum atomic E-state index is 11.8. The highest BCUT2D eigenvalue weighted by molar-refractivity contribution is 6.19. The number of hydrogen-bond acceptors (Lipinski definition) is 2. The van der Waals surface area contributed by atoms with E-state index < -0.39 is 0 Å². The first-order chi connectivity index (χ1) is 7.27. The molecular formula is C12H12N2O. The normalized spacial score (nSPS) is 22.9. The molecular weight excluding hydrogens is 188 g/mol. The molecule has 1 unspecified atom stereocenters. The van der Waals surface area contributed by atoms with E-state index >= 15 is 0 Å². The lowest BCUT2D eigenvalue weighted by Gasteiger charge is -2.13. The number of benzene rings is 1. The predicted octanol–water partition coefficient (Wildman–Crippen LogP) is 1.30. The molecule has 3 nitrogen and oxygen atoms in total. The molecule has 1 N–H and O–H groups in total. The third kappa shape index (κ3) is 1.27. The lowest BCUT2D eigenvalue weighted by Crippen LogP contribution is -2.30. The zero-order chi connectivity index (χ0) is 10.4. The van der Waals surface area contributed by atoms with Crippen LogP contribution in [0.3, 0.4) is 0 Å². The molecule has 0 aromatic heterocycles. The molecule has 1 atom stereocenters. The first kappa shape index (κ1) is 8.65. The Morgan fingerprint density at radius 1 is 1.47 bits per heavy atom. The second-order valence-electron chi connectivity index (χ2n) is 4.07. The topological polar surface area (TPSA) is 41.5 Å². The molecule has 76 valence electrons. The predicted molar refractivity (Wildman–Crippen MR) is 58.5 cm³/mol. The van der Waals surface area contributed by atoms with Gasteiger partial charge in [0.25, 0.3) is 5.91 Å². The van der Waals surface area contributed by atoms with E-state index in [0.717, 1.165) is 35.4 Å². The van der Waals surface area contributed by atoms with Crippen molar-refractivity contribution in [2.75, 3.05) is 6.54 Å². The number of rotatable bonds is 0. The SMILES string of the molecule is Cc1cccc2c1C1=NC1CCNC2=O. The van der Waals surface area contributed by atoms with Gasteiger partial charge in [-0.25, -0.2) is 0 Å². The Kier molecular flexibility index (Phi) is 1.69. The molecule has 15 heavy (non-hydrogen) atoms. The van der Waals surface area contributed by atoms with Gasteiger partial charge in [-0.3, -0.25) is 9.79 Å². The molecule has 0 saturated carbocycles. The summed E-state index contributed by atoms with van der Waals surface area (Å²) in [5, 5.41) is 2.91. The van der Waals surface area contributed by atoms with Gasteiger partial charge in [-0.2, -0.15) is 0 Å². The maximum absolute atomic E-state index is 11.8. The van der Waals surface area contributed by atoms with Crippen molar-refractivity contribution in [3.05, 3.63) is 34.9 Å². The van der Waals surface area contributed by atoms with Gasteiger partial charge < -0.3 is 5.32 Å². The Bertz CT molecular complexity index is 477. The number of aryl methyl sites for hydroxylation is 1. The van der Waals surface area contributed by atoms with Gasteiger partial charge in [-0.15, -0.1) is 0 Å². The molecule has 1 aromatic rings. The van der Waals surface area contributed by atoms with Gasteiger partial charge >= 0.3 is 0 Å². The minimum Gasteiger partial charge on any atom is -0.352 e. The van der Waals surface area contributed by atoms with Gasteiger partial charge in [-0.1, -0.05) is 12.1 Å². The van der Waals surface area contributed by atoms with E-state index in [4.69, 9.17) is 0 Å². The van der Waals surface area contributed by atoms with E-state index in [0.29, 0.717) is 6.04 Å². The summed E-state index contributed by atoms with van der Waals surface area (Å²) in [6, 6.07) is 6.19. The lowest BCUT2D eigenvalue weighted by atomic mass is 9.95. The van der Waals surface area contributed by atoms with E-state index in [1.807, 2.05) is 25.1 Å². The molecule has 1 amide bonds. The zero-order valence-electron chi connectivity index (χ0n) is 8.58. The second kappa shape index (κ2) is 2.92. The molecule has 1 aromatic carbocycles. The Labute approximate surface area is 88.2 Å². The highest BCUT2D eigenvalue weighted by Crippen LogP contribution is 2.28. The van der Waals surface area contributed by atoms with Crippen LogP contribution in [0.1, 0.15) is 27.9 Å². The summed E-state index contributed by atoms with van der Waals surface area (Å²) in [7, 11) is 0. The number of aliphatic imine (C=N–C) groups is 1. The van der Waals surface area contributed by atoms with Crippen molar-refractivity contribution in [1.82, 2.24) is 5.32 Å². The van der Waals surface area contributed by atoms with Crippen LogP contribution in [0.2, 0.25) is 0 Å². The van der Waals surface area contributed by atoms with Crippen molar-refractivity contribution in [3.8, 4) is 0 Å². The van der Waals surface area contributed by atoms with Crippen LogP contribution in [0, 0.1) is 6.92 Å². The van der Waals surface area contributed by atoms with Crippen LogP contribution >= 0.6 is 0 Å². The van der Waals surface area contributed by atoms with Gasteiger partial charge in [-0.05, 0) is 25.0 Å². The van der Waals surface area contributed by atoms with Crippen molar-refractivity contribution >= 4 is 11.6 Å². The van der Waals surface area contributed by atoms with Gasteiger partial charge in [0.05, 0.1) is 11.8 Å². The van der Waals surface area contributed by atoms with Crippen molar-refractivity contribution in [2.24, 2.45) is 4.99 Å². The number of fused-ring (bicyclic) bond motifs is 3. The van der Waals surface area contributed by atoms with E-state index in [9.17, 15) is 4.79 Å². The molecule has 0 bridgehead atoms. The van der Waals surface area contributed by atoms with Crippen LogP contribution in [-0.4, -0.2) is 24.2 Å². The Hall–Kier alpha value is -1.64. The van der Waals surface area contributed by atoms with Crippen LogP contribution in [0.15, 0.2) is 23.2 Å². The fourth-order valence-corrected chi connectivity index (χ4v) is 2.18. The minimum absolute atomic E-state index is 0.0294. The molecule has 2 aliphatic rings.